The lowest BCUT2D eigenvalue weighted by atomic mass is 9.78. The van der Waals surface area contributed by atoms with Gasteiger partial charge in [-0.2, -0.15) is 0 Å². The van der Waals surface area contributed by atoms with E-state index in [1.165, 1.54) is 24.8 Å². The summed E-state index contributed by atoms with van der Waals surface area (Å²) in [6.45, 7) is 0. The van der Waals surface area contributed by atoms with Gasteiger partial charge in [-0.3, -0.25) is 5.73 Å². The standard InChI is InChI=1S/C12H16N/c13-12(11-7-4-8-11)9-10-5-2-1-3-6-10/h1-3,5-6,11-13H,4,7-9H2/t12-/m1/s1. The molecule has 1 aromatic carbocycles. The molecule has 0 unspecified atom stereocenters. The van der Waals surface area contributed by atoms with Crippen LogP contribution in [0.5, 0.6) is 0 Å². The maximum Gasteiger partial charge on any atom is 0.0281 e. The van der Waals surface area contributed by atoms with E-state index in [0.717, 1.165) is 6.42 Å². The number of nitrogens with one attached hydrogen (secondary N) is 1. The first-order valence-electron chi connectivity index (χ1n) is 5.11. The van der Waals surface area contributed by atoms with E-state index in [-0.39, 0.29) is 6.04 Å². The molecule has 0 amide bonds. The second-order valence-electron chi connectivity index (χ2n) is 3.99. The van der Waals surface area contributed by atoms with Crippen molar-refractivity contribution in [3.63, 3.8) is 0 Å². The van der Waals surface area contributed by atoms with Gasteiger partial charge in [0.05, 0.1) is 0 Å². The van der Waals surface area contributed by atoms with Crippen LogP contribution in [0.2, 0.25) is 0 Å². The van der Waals surface area contributed by atoms with Crippen LogP contribution in [0.4, 0.5) is 0 Å². The molecule has 0 aromatic heterocycles. The summed E-state index contributed by atoms with van der Waals surface area (Å²) in [6, 6.07) is 10.5. The van der Waals surface area contributed by atoms with E-state index in [1.54, 1.807) is 0 Å². The maximum atomic E-state index is 7.97. The molecule has 1 aromatic rings. The zero-order valence-electron chi connectivity index (χ0n) is 7.87. The van der Waals surface area contributed by atoms with E-state index >= 15 is 0 Å². The monoisotopic (exact) mass is 174 g/mol. The molecule has 1 aliphatic rings. The van der Waals surface area contributed by atoms with Crippen molar-refractivity contribution >= 4 is 0 Å². The molecule has 1 aliphatic carbocycles. The van der Waals surface area contributed by atoms with Crippen LogP contribution in [-0.4, -0.2) is 6.04 Å². The van der Waals surface area contributed by atoms with Crippen molar-refractivity contribution in [2.45, 2.75) is 31.7 Å². The molecule has 13 heavy (non-hydrogen) atoms. The quantitative estimate of drug-likeness (QED) is 0.672. The van der Waals surface area contributed by atoms with Crippen LogP contribution >= 0.6 is 0 Å². The normalized spacial score (nSPS) is 19.5. The molecule has 1 radical (unpaired) electrons. The predicted octanol–water partition coefficient (Wildman–Crippen LogP) is 2.68. The molecule has 0 saturated heterocycles. The Bertz CT molecular complexity index is 251. The molecular weight excluding hydrogens is 158 g/mol. The maximum absolute atomic E-state index is 7.97. The highest BCUT2D eigenvalue weighted by Gasteiger charge is 2.24. The van der Waals surface area contributed by atoms with Crippen molar-refractivity contribution in [2.75, 3.05) is 0 Å². The molecule has 0 heterocycles. The van der Waals surface area contributed by atoms with Gasteiger partial charge in [0.1, 0.15) is 0 Å². The van der Waals surface area contributed by atoms with Crippen LogP contribution < -0.4 is 5.73 Å². The fourth-order valence-electron chi connectivity index (χ4n) is 1.88. The fraction of sp³-hybridized carbons (Fsp3) is 0.500. The highest BCUT2D eigenvalue weighted by Crippen LogP contribution is 2.30. The molecule has 0 bridgehead atoms. The number of hydrogen-bond acceptors (Lipinski definition) is 0. The van der Waals surface area contributed by atoms with Gasteiger partial charge in [0.15, 0.2) is 0 Å². The molecule has 1 fully saturated rings. The zero-order valence-corrected chi connectivity index (χ0v) is 7.87. The Morgan fingerprint density at radius 2 is 1.92 bits per heavy atom. The third-order valence-corrected chi connectivity index (χ3v) is 3.02. The Kier molecular flexibility index (Phi) is 2.65. The first-order valence-corrected chi connectivity index (χ1v) is 5.11. The minimum atomic E-state index is 0.135. The van der Waals surface area contributed by atoms with Gasteiger partial charge >= 0.3 is 0 Å². The second-order valence-corrected chi connectivity index (χ2v) is 3.99. The van der Waals surface area contributed by atoms with E-state index in [1.807, 2.05) is 6.07 Å². The van der Waals surface area contributed by atoms with Gasteiger partial charge in [-0.05, 0) is 30.7 Å². The van der Waals surface area contributed by atoms with Crippen LogP contribution in [0.1, 0.15) is 24.8 Å². The van der Waals surface area contributed by atoms with Crippen LogP contribution in [0.3, 0.4) is 0 Å². The molecule has 1 N–H and O–H groups in total. The van der Waals surface area contributed by atoms with Gasteiger partial charge in [-0.25, -0.2) is 0 Å². The average molecular weight is 174 g/mol. The highest BCUT2D eigenvalue weighted by molar-refractivity contribution is 5.16. The molecule has 69 valence electrons. The van der Waals surface area contributed by atoms with Crippen molar-refractivity contribution in [3.05, 3.63) is 35.9 Å². The van der Waals surface area contributed by atoms with Gasteiger partial charge in [0, 0.05) is 6.04 Å². The molecule has 1 heteroatoms. The van der Waals surface area contributed by atoms with Crippen molar-refractivity contribution in [1.82, 2.24) is 5.73 Å². The molecule has 1 atom stereocenters. The van der Waals surface area contributed by atoms with Crippen molar-refractivity contribution < 1.29 is 0 Å². The van der Waals surface area contributed by atoms with Crippen molar-refractivity contribution in [3.8, 4) is 0 Å². The Balaban J connectivity index is 1.90. The predicted molar refractivity (Wildman–Crippen MR) is 54.4 cm³/mol. The molecule has 1 saturated carbocycles. The average Bonchev–Trinajstić information content (AvgIpc) is 2.02. The van der Waals surface area contributed by atoms with E-state index < -0.39 is 0 Å². The van der Waals surface area contributed by atoms with Gasteiger partial charge in [0.2, 0.25) is 0 Å². The molecule has 2 rings (SSSR count). The Morgan fingerprint density at radius 1 is 1.23 bits per heavy atom. The summed E-state index contributed by atoms with van der Waals surface area (Å²) < 4.78 is 0. The smallest absolute Gasteiger partial charge is 0.0281 e. The lowest BCUT2D eigenvalue weighted by molar-refractivity contribution is 0.255. The lowest BCUT2D eigenvalue weighted by Gasteiger charge is -2.30. The Morgan fingerprint density at radius 3 is 2.46 bits per heavy atom. The third-order valence-electron chi connectivity index (χ3n) is 3.02. The molecule has 1 nitrogen and oxygen atoms in total. The lowest BCUT2D eigenvalue weighted by Crippen LogP contribution is -2.29. The molecule has 0 spiro atoms. The van der Waals surface area contributed by atoms with Crippen LogP contribution in [-0.2, 0) is 6.42 Å². The van der Waals surface area contributed by atoms with Gasteiger partial charge in [-0.15, -0.1) is 0 Å². The zero-order chi connectivity index (χ0) is 9.10. The summed E-state index contributed by atoms with van der Waals surface area (Å²) >= 11 is 0. The summed E-state index contributed by atoms with van der Waals surface area (Å²) in [5.74, 6) is 0.681. The largest absolute Gasteiger partial charge is 0.254 e. The molecule has 0 aliphatic heterocycles. The SMILES string of the molecule is [NH][C@H](Cc1ccccc1)C1CCC1. The van der Waals surface area contributed by atoms with Gasteiger partial charge in [0.25, 0.3) is 0 Å². The third kappa shape index (κ3) is 2.10. The Hall–Kier alpha value is -0.820. The summed E-state index contributed by atoms with van der Waals surface area (Å²) in [5.41, 5.74) is 9.28. The summed E-state index contributed by atoms with van der Waals surface area (Å²) in [6.07, 6.45) is 4.84. The summed E-state index contributed by atoms with van der Waals surface area (Å²) in [5, 5.41) is 0. The van der Waals surface area contributed by atoms with Crippen LogP contribution in [0.25, 0.3) is 0 Å². The van der Waals surface area contributed by atoms with Crippen LogP contribution in [0.15, 0.2) is 30.3 Å². The number of benzene rings is 1. The summed E-state index contributed by atoms with van der Waals surface area (Å²) in [7, 11) is 0. The fourth-order valence-corrected chi connectivity index (χ4v) is 1.88. The van der Waals surface area contributed by atoms with E-state index in [2.05, 4.69) is 24.3 Å². The second kappa shape index (κ2) is 3.93. The van der Waals surface area contributed by atoms with E-state index in [0.29, 0.717) is 5.92 Å². The van der Waals surface area contributed by atoms with Crippen molar-refractivity contribution in [2.24, 2.45) is 5.92 Å². The minimum absolute atomic E-state index is 0.135. The first kappa shape index (κ1) is 8.76. The van der Waals surface area contributed by atoms with Crippen molar-refractivity contribution in [1.29, 1.82) is 0 Å². The highest BCUT2D eigenvalue weighted by atomic mass is 14.7. The first-order chi connectivity index (χ1) is 6.36. The number of hydrogen-bond donors (Lipinski definition) is 0. The molecular formula is C12H16N. The minimum Gasteiger partial charge on any atom is -0.254 e. The Labute approximate surface area is 80.0 Å². The van der Waals surface area contributed by atoms with E-state index in [9.17, 15) is 0 Å². The topological polar surface area (TPSA) is 23.8 Å². The van der Waals surface area contributed by atoms with E-state index in [4.69, 9.17) is 5.73 Å². The van der Waals surface area contributed by atoms with Gasteiger partial charge in [-0.1, -0.05) is 36.8 Å². The number of rotatable bonds is 3. The summed E-state index contributed by atoms with van der Waals surface area (Å²) in [4.78, 5) is 0. The van der Waals surface area contributed by atoms with Gasteiger partial charge < -0.3 is 0 Å². The van der Waals surface area contributed by atoms with Crippen LogP contribution in [0, 0.1) is 5.92 Å².